The van der Waals surface area contributed by atoms with Crippen molar-refractivity contribution in [3.05, 3.63) is 29.8 Å². The molecule has 0 amide bonds. The maximum atomic E-state index is 11.3. The van der Waals surface area contributed by atoms with Crippen molar-refractivity contribution < 1.29 is 14.1 Å². The predicted molar refractivity (Wildman–Crippen MR) is 60.1 cm³/mol. The summed E-state index contributed by atoms with van der Waals surface area (Å²) in [6.45, 7) is 0. The molecule has 0 heterocycles. The summed E-state index contributed by atoms with van der Waals surface area (Å²) in [4.78, 5) is 10.8. The van der Waals surface area contributed by atoms with Gasteiger partial charge in [-0.2, -0.15) is 0 Å². The quantitative estimate of drug-likeness (QED) is 0.857. The summed E-state index contributed by atoms with van der Waals surface area (Å²) >= 11 is 0. The van der Waals surface area contributed by atoms with Crippen molar-refractivity contribution in [3.8, 4) is 0 Å². The highest BCUT2D eigenvalue weighted by atomic mass is 35.5. The minimum Gasteiger partial charge on any atom is -0.481 e. The summed E-state index contributed by atoms with van der Waals surface area (Å²) in [5, 5.41) is 8.50. The van der Waals surface area contributed by atoms with E-state index >= 15 is 0 Å². The second-order valence-corrected chi connectivity index (χ2v) is 5.22. The predicted octanol–water partition coefficient (Wildman–Crippen LogP) is 1.77. The first-order chi connectivity index (χ1) is 6.39. The first-order valence-electron chi connectivity index (χ1n) is 3.94. The fourth-order valence-corrected chi connectivity index (χ4v) is 1.70. The number of halogens is 1. The van der Waals surface area contributed by atoms with Crippen molar-refractivity contribution in [1.29, 1.82) is 4.78 Å². The van der Waals surface area contributed by atoms with Crippen LogP contribution in [0.2, 0.25) is 0 Å². The van der Waals surface area contributed by atoms with E-state index in [0.717, 1.165) is 0 Å². The van der Waals surface area contributed by atoms with Crippen LogP contribution >= 0.6 is 12.4 Å². The second-order valence-electron chi connectivity index (χ2n) is 3.06. The molecule has 0 spiro atoms. The summed E-state index contributed by atoms with van der Waals surface area (Å²) in [6, 6.07) is 6.24. The Morgan fingerprint density at radius 2 is 1.87 bits per heavy atom. The van der Waals surface area contributed by atoms with Gasteiger partial charge in [0.25, 0.3) is 0 Å². The fraction of sp³-hybridized carbons (Fsp3) is 0.222. The zero-order valence-electron chi connectivity index (χ0n) is 8.10. The summed E-state index contributed by atoms with van der Waals surface area (Å²) in [5.41, 5.74) is 0.643. The maximum Gasteiger partial charge on any atom is 0.307 e. The van der Waals surface area contributed by atoms with Crippen LogP contribution < -0.4 is 0 Å². The molecular weight excluding hydrogens is 238 g/mol. The van der Waals surface area contributed by atoms with Crippen molar-refractivity contribution in [3.63, 3.8) is 0 Å². The van der Waals surface area contributed by atoms with Gasteiger partial charge in [0.15, 0.2) is 0 Å². The molecular formula is C9H12ClNO3S. The summed E-state index contributed by atoms with van der Waals surface area (Å²) in [5.74, 6) is -0.902. The van der Waals surface area contributed by atoms with Gasteiger partial charge in [-0.05, 0) is 17.7 Å². The Morgan fingerprint density at radius 3 is 2.20 bits per heavy atom. The number of rotatable bonds is 3. The van der Waals surface area contributed by atoms with Crippen LogP contribution in [0.15, 0.2) is 29.2 Å². The van der Waals surface area contributed by atoms with Crippen molar-refractivity contribution in [2.75, 3.05) is 6.26 Å². The normalized spacial score (nSPS) is 13.7. The Bertz CT molecular complexity index is 439. The Labute approximate surface area is 94.7 Å². The lowest BCUT2D eigenvalue weighted by atomic mass is 10.2. The molecule has 1 aromatic rings. The zero-order valence-corrected chi connectivity index (χ0v) is 9.73. The zero-order chi connectivity index (χ0) is 10.8. The van der Waals surface area contributed by atoms with Gasteiger partial charge in [-0.15, -0.1) is 12.4 Å². The molecule has 6 heteroatoms. The minimum atomic E-state index is -2.70. The van der Waals surface area contributed by atoms with Gasteiger partial charge in [-0.3, -0.25) is 4.79 Å². The molecule has 0 bridgehead atoms. The van der Waals surface area contributed by atoms with Gasteiger partial charge in [0.05, 0.1) is 16.1 Å². The van der Waals surface area contributed by atoms with E-state index in [2.05, 4.69) is 0 Å². The molecule has 4 nitrogen and oxygen atoms in total. The van der Waals surface area contributed by atoms with Crippen LogP contribution in [0, 0.1) is 4.78 Å². The van der Waals surface area contributed by atoms with Crippen LogP contribution in [-0.2, 0) is 20.9 Å². The molecule has 15 heavy (non-hydrogen) atoms. The van der Waals surface area contributed by atoms with E-state index in [1.54, 1.807) is 12.1 Å². The average molecular weight is 250 g/mol. The monoisotopic (exact) mass is 249 g/mol. The minimum absolute atomic E-state index is 0. The van der Waals surface area contributed by atoms with Gasteiger partial charge >= 0.3 is 5.97 Å². The van der Waals surface area contributed by atoms with E-state index < -0.39 is 15.7 Å². The third-order valence-electron chi connectivity index (χ3n) is 1.73. The number of aliphatic carboxylic acids is 1. The lowest BCUT2D eigenvalue weighted by molar-refractivity contribution is -0.136. The molecule has 0 aliphatic rings. The smallest absolute Gasteiger partial charge is 0.307 e. The summed E-state index contributed by atoms with van der Waals surface area (Å²) < 4.78 is 18.6. The van der Waals surface area contributed by atoms with Crippen LogP contribution in [0.25, 0.3) is 0 Å². The molecule has 2 N–H and O–H groups in total. The van der Waals surface area contributed by atoms with Crippen LogP contribution in [0.5, 0.6) is 0 Å². The highest BCUT2D eigenvalue weighted by Crippen LogP contribution is 2.11. The number of carbonyl (C=O) groups is 1. The first-order valence-corrected chi connectivity index (χ1v) is 5.91. The summed E-state index contributed by atoms with van der Waals surface area (Å²) in [7, 11) is -2.70. The molecule has 0 aliphatic carbocycles. The molecule has 1 unspecified atom stereocenters. The van der Waals surface area contributed by atoms with Crippen LogP contribution in [0.3, 0.4) is 0 Å². The molecule has 0 saturated carbocycles. The first kappa shape index (κ1) is 13.9. The van der Waals surface area contributed by atoms with E-state index in [1.807, 2.05) is 0 Å². The molecule has 0 fully saturated rings. The highest BCUT2D eigenvalue weighted by molar-refractivity contribution is 7.91. The van der Waals surface area contributed by atoms with Crippen LogP contribution in [-0.4, -0.2) is 21.5 Å². The van der Waals surface area contributed by atoms with Crippen LogP contribution in [0.4, 0.5) is 0 Å². The van der Waals surface area contributed by atoms with Gasteiger partial charge < -0.3 is 5.11 Å². The molecule has 1 atom stereocenters. The number of carboxylic acids is 1. The Kier molecular flexibility index (Phi) is 4.77. The Morgan fingerprint density at radius 1 is 1.40 bits per heavy atom. The van der Waals surface area contributed by atoms with Crippen molar-refractivity contribution in [2.45, 2.75) is 11.3 Å². The lowest BCUT2D eigenvalue weighted by Gasteiger charge is -2.01. The second kappa shape index (κ2) is 5.14. The third kappa shape index (κ3) is 4.31. The topological polar surface area (TPSA) is 78.2 Å². The van der Waals surface area contributed by atoms with Gasteiger partial charge in [0.2, 0.25) is 0 Å². The van der Waals surface area contributed by atoms with Crippen molar-refractivity contribution in [2.24, 2.45) is 0 Å². The molecule has 0 aromatic heterocycles. The van der Waals surface area contributed by atoms with Crippen LogP contribution in [0.1, 0.15) is 5.56 Å². The Balaban J connectivity index is 0.00000196. The van der Waals surface area contributed by atoms with E-state index in [1.165, 1.54) is 18.4 Å². The maximum absolute atomic E-state index is 11.3. The van der Waals surface area contributed by atoms with E-state index in [4.69, 9.17) is 9.89 Å². The number of hydrogen-bond acceptors (Lipinski definition) is 3. The number of nitrogens with one attached hydrogen (secondary N) is 1. The molecule has 0 saturated heterocycles. The molecule has 0 aliphatic heterocycles. The average Bonchev–Trinajstić information content (AvgIpc) is 2.02. The number of hydrogen-bond donors (Lipinski definition) is 2. The number of carboxylic acid groups (broad SMARTS) is 1. The summed E-state index contributed by atoms with van der Waals surface area (Å²) in [6.07, 6.45) is 1.28. The fourth-order valence-electron chi connectivity index (χ4n) is 1.04. The van der Waals surface area contributed by atoms with Gasteiger partial charge in [-0.25, -0.2) is 8.99 Å². The van der Waals surface area contributed by atoms with E-state index in [0.29, 0.717) is 10.5 Å². The van der Waals surface area contributed by atoms with Gasteiger partial charge in [0.1, 0.15) is 0 Å². The van der Waals surface area contributed by atoms with Crippen molar-refractivity contribution in [1.82, 2.24) is 0 Å². The lowest BCUT2D eigenvalue weighted by Crippen LogP contribution is -2.00. The molecule has 1 rings (SSSR count). The number of benzene rings is 1. The Hall–Kier alpha value is -1.07. The third-order valence-corrected chi connectivity index (χ3v) is 2.90. The van der Waals surface area contributed by atoms with Gasteiger partial charge in [-0.1, -0.05) is 12.1 Å². The van der Waals surface area contributed by atoms with Gasteiger partial charge in [0, 0.05) is 11.2 Å². The largest absolute Gasteiger partial charge is 0.481 e. The van der Waals surface area contributed by atoms with E-state index in [9.17, 15) is 9.00 Å². The molecule has 84 valence electrons. The molecule has 0 radical (unpaired) electrons. The SMILES string of the molecule is CS(=N)(=O)c1ccc(CC(=O)O)cc1.Cl. The highest BCUT2D eigenvalue weighted by Gasteiger charge is 2.04. The standard InChI is InChI=1S/C9H11NO3S.ClH/c1-14(10,13)8-4-2-7(3-5-8)6-9(11)12;/h2-5,10H,6H2,1H3,(H,11,12);1H. The van der Waals surface area contributed by atoms with Crippen molar-refractivity contribution >= 4 is 28.1 Å². The van der Waals surface area contributed by atoms with E-state index in [-0.39, 0.29) is 18.8 Å². The molecule has 1 aromatic carbocycles.